The highest BCUT2D eigenvalue weighted by Crippen LogP contribution is 2.50. The van der Waals surface area contributed by atoms with E-state index in [-0.39, 0.29) is 0 Å². The number of benzene rings is 1. The van der Waals surface area contributed by atoms with Gasteiger partial charge in [-0.05, 0) is 50.2 Å². The van der Waals surface area contributed by atoms with Crippen molar-refractivity contribution in [1.29, 1.82) is 0 Å². The molecule has 130 valence electrons. The molecule has 2 fully saturated rings. The first kappa shape index (κ1) is 16.4. The van der Waals surface area contributed by atoms with E-state index in [0.717, 1.165) is 30.6 Å². The van der Waals surface area contributed by atoms with Gasteiger partial charge >= 0.3 is 0 Å². The van der Waals surface area contributed by atoms with Gasteiger partial charge in [0, 0.05) is 11.6 Å². The van der Waals surface area contributed by atoms with Crippen LogP contribution in [0.1, 0.15) is 51.4 Å². The second kappa shape index (κ2) is 7.45. The van der Waals surface area contributed by atoms with E-state index in [1.807, 2.05) is 6.07 Å². The maximum absolute atomic E-state index is 11.9. The number of anilines is 1. The summed E-state index contributed by atoms with van der Waals surface area (Å²) in [5, 5.41) is 0. The lowest BCUT2D eigenvalue weighted by Crippen LogP contribution is -2.58. The molecule has 0 bridgehead atoms. The van der Waals surface area contributed by atoms with Crippen LogP contribution in [0.2, 0.25) is 0 Å². The highest BCUT2D eigenvalue weighted by molar-refractivity contribution is 5.73. The Bertz CT molecular complexity index is 705. The minimum Gasteiger partial charge on any atom is -0.328 e. The molecule has 0 aromatic heterocycles. The van der Waals surface area contributed by atoms with E-state index in [2.05, 4.69) is 53.3 Å². The molecular weight excluding hydrogens is 306 g/mol. The Balaban J connectivity index is 1.69. The van der Waals surface area contributed by atoms with E-state index in [1.165, 1.54) is 37.7 Å². The van der Waals surface area contributed by atoms with Crippen molar-refractivity contribution >= 4 is 11.6 Å². The summed E-state index contributed by atoms with van der Waals surface area (Å²) in [6, 6.07) is 10.8. The van der Waals surface area contributed by atoms with Crippen LogP contribution in [-0.4, -0.2) is 12.0 Å². The van der Waals surface area contributed by atoms with Gasteiger partial charge in [-0.25, -0.2) is 4.79 Å². The first-order valence-electron chi connectivity index (χ1n) is 9.83. The summed E-state index contributed by atoms with van der Waals surface area (Å²) < 4.78 is 0. The van der Waals surface area contributed by atoms with Crippen molar-refractivity contribution in [3.05, 3.63) is 59.8 Å². The Morgan fingerprint density at radius 2 is 1.80 bits per heavy atom. The normalized spacial score (nSPS) is 27.3. The summed E-state index contributed by atoms with van der Waals surface area (Å²) in [5.74, 6) is 3.34. The standard InChI is InChI=1S/C23H27NO/c25-17-21-22(18-11-7-3-8-12-18)23(19-13-5-1-2-6-14-19)24(21)20-15-9-4-10-16-20/h1-2,4,9-10,13,15-16,18,22-23H,3,5-8,11-12,14H2. The predicted octanol–water partition coefficient (Wildman–Crippen LogP) is 5.45. The molecule has 2 nitrogen and oxygen atoms in total. The van der Waals surface area contributed by atoms with Gasteiger partial charge in [0.2, 0.25) is 0 Å². The lowest BCUT2D eigenvalue weighted by molar-refractivity contribution is 0.211. The summed E-state index contributed by atoms with van der Waals surface area (Å²) in [5.41, 5.74) is 3.54. The van der Waals surface area contributed by atoms with Crippen LogP contribution in [0.15, 0.2) is 59.8 Å². The number of allylic oxidation sites excluding steroid dienone is 3. The molecule has 3 aliphatic rings. The highest BCUT2D eigenvalue weighted by Gasteiger charge is 2.50. The molecule has 1 aromatic carbocycles. The number of nitrogens with zero attached hydrogens (tertiary/aromatic N) is 1. The number of para-hydroxylation sites is 1. The lowest BCUT2D eigenvalue weighted by Gasteiger charge is -2.54. The van der Waals surface area contributed by atoms with Gasteiger partial charge in [-0.15, -0.1) is 0 Å². The zero-order valence-electron chi connectivity index (χ0n) is 14.9. The molecule has 2 atom stereocenters. The van der Waals surface area contributed by atoms with Crippen molar-refractivity contribution in [2.45, 2.75) is 57.4 Å². The molecule has 2 unspecified atom stereocenters. The van der Waals surface area contributed by atoms with Gasteiger partial charge in [0.15, 0.2) is 0 Å². The number of hydrogen-bond acceptors (Lipinski definition) is 2. The van der Waals surface area contributed by atoms with E-state index >= 15 is 0 Å². The fourth-order valence-electron chi connectivity index (χ4n) is 4.97. The number of carbonyl (C=O) groups excluding carboxylic acids is 1. The summed E-state index contributed by atoms with van der Waals surface area (Å²) >= 11 is 0. The summed E-state index contributed by atoms with van der Waals surface area (Å²) in [6.45, 7) is 0. The summed E-state index contributed by atoms with van der Waals surface area (Å²) in [4.78, 5) is 14.2. The molecule has 0 radical (unpaired) electrons. The Morgan fingerprint density at radius 1 is 1.00 bits per heavy atom. The second-order valence-electron chi connectivity index (χ2n) is 7.59. The van der Waals surface area contributed by atoms with E-state index in [1.54, 1.807) is 0 Å². The van der Waals surface area contributed by atoms with Crippen molar-refractivity contribution in [1.82, 2.24) is 0 Å². The fourth-order valence-corrected chi connectivity index (χ4v) is 4.97. The van der Waals surface area contributed by atoms with Gasteiger partial charge in [0.1, 0.15) is 11.6 Å². The second-order valence-corrected chi connectivity index (χ2v) is 7.59. The maximum Gasteiger partial charge on any atom is 0.146 e. The molecule has 0 spiro atoms. The third-order valence-electron chi connectivity index (χ3n) is 6.15. The largest absolute Gasteiger partial charge is 0.328 e. The van der Waals surface area contributed by atoms with Crippen molar-refractivity contribution in [2.24, 2.45) is 11.8 Å². The molecule has 1 heterocycles. The van der Waals surface area contributed by atoms with Crippen LogP contribution in [-0.2, 0) is 4.79 Å². The first-order chi connectivity index (χ1) is 12.4. The summed E-state index contributed by atoms with van der Waals surface area (Å²) in [7, 11) is 0. The van der Waals surface area contributed by atoms with Crippen LogP contribution >= 0.6 is 0 Å². The number of hydrogen-bond donors (Lipinski definition) is 0. The molecule has 2 aliphatic carbocycles. The third-order valence-corrected chi connectivity index (χ3v) is 6.15. The predicted molar refractivity (Wildman–Crippen MR) is 103 cm³/mol. The molecule has 0 amide bonds. The lowest BCUT2D eigenvalue weighted by atomic mass is 9.67. The van der Waals surface area contributed by atoms with Crippen molar-refractivity contribution < 1.29 is 4.79 Å². The molecule has 0 N–H and O–H groups in total. The van der Waals surface area contributed by atoms with E-state index in [9.17, 15) is 4.79 Å². The van der Waals surface area contributed by atoms with Gasteiger partial charge in [0.05, 0.1) is 6.04 Å². The van der Waals surface area contributed by atoms with Crippen LogP contribution in [0.5, 0.6) is 0 Å². The molecular formula is C23H27NO. The van der Waals surface area contributed by atoms with Crippen LogP contribution in [0, 0.1) is 11.8 Å². The Kier molecular flexibility index (Phi) is 4.90. The maximum atomic E-state index is 11.9. The molecule has 1 saturated carbocycles. The van der Waals surface area contributed by atoms with Gasteiger partial charge in [-0.2, -0.15) is 0 Å². The van der Waals surface area contributed by atoms with Crippen molar-refractivity contribution in [3.63, 3.8) is 0 Å². The average molecular weight is 333 g/mol. The minimum atomic E-state index is 0.349. The number of rotatable bonds is 3. The summed E-state index contributed by atoms with van der Waals surface area (Å²) in [6.07, 6.45) is 16.7. The van der Waals surface area contributed by atoms with Gasteiger partial charge in [0.25, 0.3) is 0 Å². The van der Waals surface area contributed by atoms with E-state index < -0.39 is 0 Å². The SMILES string of the molecule is O=C=C1C(C2CCCCC2)C(C2=CCC=CCC2)N1c1ccccc1. The Labute approximate surface area is 150 Å². The molecule has 25 heavy (non-hydrogen) atoms. The minimum absolute atomic E-state index is 0.349. The Morgan fingerprint density at radius 3 is 2.56 bits per heavy atom. The van der Waals surface area contributed by atoms with Crippen molar-refractivity contribution in [3.8, 4) is 0 Å². The van der Waals surface area contributed by atoms with Gasteiger partial charge in [-0.1, -0.05) is 61.3 Å². The van der Waals surface area contributed by atoms with Crippen molar-refractivity contribution in [2.75, 3.05) is 4.90 Å². The van der Waals surface area contributed by atoms with Crippen LogP contribution < -0.4 is 4.90 Å². The highest BCUT2D eigenvalue weighted by atomic mass is 16.1. The molecule has 4 rings (SSSR count). The molecule has 1 saturated heterocycles. The smallest absolute Gasteiger partial charge is 0.146 e. The third kappa shape index (κ3) is 3.12. The zero-order valence-corrected chi connectivity index (χ0v) is 14.9. The average Bonchev–Trinajstić information content (AvgIpc) is 2.92. The Hall–Kier alpha value is -2.05. The van der Waals surface area contributed by atoms with Crippen LogP contribution in [0.25, 0.3) is 0 Å². The van der Waals surface area contributed by atoms with Gasteiger partial charge < -0.3 is 4.90 Å². The van der Waals surface area contributed by atoms with E-state index in [4.69, 9.17) is 0 Å². The molecule has 2 heteroatoms. The quantitative estimate of drug-likeness (QED) is 0.541. The molecule has 1 aliphatic heterocycles. The van der Waals surface area contributed by atoms with Gasteiger partial charge in [-0.3, -0.25) is 0 Å². The molecule has 1 aromatic rings. The fraction of sp³-hybridized carbons (Fsp3) is 0.478. The zero-order chi connectivity index (χ0) is 17.1. The van der Waals surface area contributed by atoms with Crippen LogP contribution in [0.3, 0.4) is 0 Å². The van der Waals surface area contributed by atoms with E-state index in [0.29, 0.717) is 17.9 Å². The first-order valence-corrected chi connectivity index (χ1v) is 9.83. The van der Waals surface area contributed by atoms with Crippen LogP contribution in [0.4, 0.5) is 5.69 Å². The monoisotopic (exact) mass is 333 g/mol. The topological polar surface area (TPSA) is 20.3 Å².